The number of nitrogens with zero attached hydrogens (tertiary/aromatic N) is 3. The van der Waals surface area contributed by atoms with E-state index in [4.69, 9.17) is 5.73 Å². The molecule has 1 atom stereocenters. The Balaban J connectivity index is 1.94. The number of anilines is 1. The van der Waals surface area contributed by atoms with E-state index in [0.29, 0.717) is 11.1 Å². The number of rotatable bonds is 2. The highest BCUT2D eigenvalue weighted by molar-refractivity contribution is 8.00. The molecule has 2 heterocycles. The molecule has 4 nitrogen and oxygen atoms in total. The molecule has 1 aromatic rings. The lowest BCUT2D eigenvalue weighted by Crippen LogP contribution is -2.10. The molecule has 66 valence electrons. The zero-order chi connectivity index (χ0) is 8.39. The van der Waals surface area contributed by atoms with Crippen LogP contribution in [0.1, 0.15) is 12.8 Å². The summed E-state index contributed by atoms with van der Waals surface area (Å²) in [5, 5.41) is 8.36. The van der Waals surface area contributed by atoms with Gasteiger partial charge in [0.05, 0.1) is 12.7 Å². The number of hydrogen-bond acceptors (Lipinski definition) is 4. The van der Waals surface area contributed by atoms with Gasteiger partial charge in [-0.1, -0.05) is 5.21 Å². The number of aromatic nitrogens is 3. The van der Waals surface area contributed by atoms with Crippen molar-refractivity contribution in [3.8, 4) is 0 Å². The average Bonchev–Trinajstić information content (AvgIpc) is 2.63. The minimum atomic E-state index is 0.512. The molecule has 0 amide bonds. The van der Waals surface area contributed by atoms with Gasteiger partial charge in [-0.3, -0.25) is 0 Å². The molecule has 2 rings (SSSR count). The summed E-state index contributed by atoms with van der Waals surface area (Å²) in [5.74, 6) is 1.80. The van der Waals surface area contributed by atoms with Crippen LogP contribution in [0.4, 0.5) is 5.82 Å². The predicted octanol–water partition coefficient (Wildman–Crippen LogP) is 0.756. The van der Waals surface area contributed by atoms with Gasteiger partial charge >= 0.3 is 0 Å². The van der Waals surface area contributed by atoms with Gasteiger partial charge < -0.3 is 5.73 Å². The fourth-order valence-electron chi connectivity index (χ4n) is 1.40. The van der Waals surface area contributed by atoms with Gasteiger partial charge in [0, 0.05) is 5.25 Å². The first-order valence-corrected chi connectivity index (χ1v) is 5.17. The lowest BCUT2D eigenvalue weighted by molar-refractivity contribution is 0.560. The Morgan fingerprint density at radius 1 is 1.75 bits per heavy atom. The first-order chi connectivity index (χ1) is 5.84. The van der Waals surface area contributed by atoms with Crippen LogP contribution < -0.4 is 5.73 Å². The second-order valence-corrected chi connectivity index (χ2v) is 4.41. The smallest absolute Gasteiger partial charge is 0.165 e. The largest absolute Gasteiger partial charge is 0.381 e. The third-order valence-corrected chi connectivity index (χ3v) is 3.35. The van der Waals surface area contributed by atoms with Crippen molar-refractivity contribution in [1.82, 2.24) is 15.0 Å². The molecule has 1 aromatic heterocycles. The van der Waals surface area contributed by atoms with Gasteiger partial charge in [0.15, 0.2) is 5.82 Å². The van der Waals surface area contributed by atoms with Gasteiger partial charge in [-0.05, 0) is 18.6 Å². The number of nitrogen functional groups attached to an aromatic ring is 1. The molecule has 0 saturated carbocycles. The fraction of sp³-hybridized carbons (Fsp3) is 0.714. The molecule has 0 aliphatic carbocycles. The number of thioether (sulfide) groups is 1. The summed E-state index contributed by atoms with van der Waals surface area (Å²) in [6.45, 7) is 0.953. The Kier molecular flexibility index (Phi) is 2.21. The average molecular weight is 184 g/mol. The molecule has 1 fully saturated rings. The van der Waals surface area contributed by atoms with Crippen molar-refractivity contribution in [1.29, 1.82) is 0 Å². The maximum absolute atomic E-state index is 5.45. The Morgan fingerprint density at radius 3 is 3.25 bits per heavy atom. The lowest BCUT2D eigenvalue weighted by Gasteiger charge is -2.06. The van der Waals surface area contributed by atoms with Gasteiger partial charge in [-0.2, -0.15) is 11.8 Å². The first-order valence-electron chi connectivity index (χ1n) is 4.12. The van der Waals surface area contributed by atoms with Crippen molar-refractivity contribution in [2.24, 2.45) is 0 Å². The van der Waals surface area contributed by atoms with Crippen LogP contribution in [-0.4, -0.2) is 26.0 Å². The molecule has 0 spiro atoms. The summed E-state index contributed by atoms with van der Waals surface area (Å²) in [7, 11) is 0. The molecule has 2 N–H and O–H groups in total. The summed E-state index contributed by atoms with van der Waals surface area (Å²) >= 11 is 2.02. The molecule has 1 aliphatic rings. The zero-order valence-electron chi connectivity index (χ0n) is 6.81. The summed E-state index contributed by atoms with van der Waals surface area (Å²) in [6.07, 6.45) is 4.42. The molecule has 1 saturated heterocycles. The van der Waals surface area contributed by atoms with E-state index in [1.54, 1.807) is 6.20 Å². The van der Waals surface area contributed by atoms with Crippen LogP contribution in [-0.2, 0) is 6.54 Å². The van der Waals surface area contributed by atoms with E-state index in [1.807, 2.05) is 16.4 Å². The third kappa shape index (κ3) is 1.72. The van der Waals surface area contributed by atoms with E-state index in [-0.39, 0.29) is 0 Å². The van der Waals surface area contributed by atoms with Crippen LogP contribution in [0, 0.1) is 0 Å². The molecule has 5 heteroatoms. The summed E-state index contributed by atoms with van der Waals surface area (Å²) in [5.41, 5.74) is 5.45. The van der Waals surface area contributed by atoms with Crippen LogP contribution in [0.2, 0.25) is 0 Å². The molecule has 0 aromatic carbocycles. The molecular formula is C7H12N4S. The molecular weight excluding hydrogens is 172 g/mol. The van der Waals surface area contributed by atoms with E-state index >= 15 is 0 Å². The Labute approximate surface area is 75.5 Å². The highest BCUT2D eigenvalue weighted by Gasteiger charge is 2.16. The van der Waals surface area contributed by atoms with Gasteiger partial charge in [0.1, 0.15) is 0 Å². The topological polar surface area (TPSA) is 56.7 Å². The van der Waals surface area contributed by atoms with Crippen LogP contribution in [0.3, 0.4) is 0 Å². The molecule has 1 unspecified atom stereocenters. The summed E-state index contributed by atoms with van der Waals surface area (Å²) < 4.78 is 1.83. The fourth-order valence-corrected chi connectivity index (χ4v) is 2.66. The Hall–Kier alpha value is -0.710. The van der Waals surface area contributed by atoms with E-state index < -0.39 is 0 Å². The Morgan fingerprint density at radius 2 is 2.67 bits per heavy atom. The monoisotopic (exact) mass is 184 g/mol. The highest BCUT2D eigenvalue weighted by Crippen LogP contribution is 2.27. The van der Waals surface area contributed by atoms with Crippen LogP contribution >= 0.6 is 11.8 Å². The van der Waals surface area contributed by atoms with E-state index in [2.05, 4.69) is 10.3 Å². The summed E-state index contributed by atoms with van der Waals surface area (Å²) in [4.78, 5) is 0. The predicted molar refractivity (Wildman–Crippen MR) is 49.9 cm³/mol. The second-order valence-electron chi connectivity index (χ2n) is 3.00. The van der Waals surface area contributed by atoms with Crippen LogP contribution in [0.5, 0.6) is 0 Å². The van der Waals surface area contributed by atoms with Gasteiger partial charge in [-0.25, -0.2) is 4.68 Å². The summed E-state index contributed by atoms with van der Waals surface area (Å²) in [6, 6.07) is 0. The van der Waals surface area contributed by atoms with Crippen molar-refractivity contribution < 1.29 is 0 Å². The maximum Gasteiger partial charge on any atom is 0.165 e. The van der Waals surface area contributed by atoms with E-state index in [0.717, 1.165) is 6.54 Å². The minimum Gasteiger partial charge on any atom is -0.381 e. The van der Waals surface area contributed by atoms with Crippen LogP contribution in [0.25, 0.3) is 0 Å². The van der Waals surface area contributed by atoms with E-state index in [1.165, 1.54) is 18.6 Å². The van der Waals surface area contributed by atoms with Crippen molar-refractivity contribution in [3.05, 3.63) is 6.20 Å². The van der Waals surface area contributed by atoms with Crippen molar-refractivity contribution >= 4 is 17.6 Å². The van der Waals surface area contributed by atoms with Gasteiger partial charge in [-0.15, -0.1) is 5.10 Å². The maximum atomic E-state index is 5.45. The second kappa shape index (κ2) is 3.35. The lowest BCUT2D eigenvalue weighted by atomic mass is 10.2. The first kappa shape index (κ1) is 7.91. The Bertz CT molecular complexity index is 254. The van der Waals surface area contributed by atoms with Crippen LogP contribution in [0.15, 0.2) is 6.20 Å². The number of nitrogens with two attached hydrogens (primary N) is 1. The van der Waals surface area contributed by atoms with Crippen molar-refractivity contribution in [3.63, 3.8) is 0 Å². The van der Waals surface area contributed by atoms with Crippen molar-refractivity contribution in [2.75, 3.05) is 11.5 Å². The normalized spacial score (nSPS) is 23.2. The standard InChI is InChI=1S/C7H12N4S/c8-7-5-11(10-9-7)4-6-2-1-3-12-6/h5-6H,1-4,8H2. The van der Waals surface area contributed by atoms with E-state index in [9.17, 15) is 0 Å². The van der Waals surface area contributed by atoms with Gasteiger partial charge in [0.2, 0.25) is 0 Å². The third-order valence-electron chi connectivity index (χ3n) is 1.97. The number of hydrogen-bond donors (Lipinski definition) is 1. The quantitative estimate of drug-likeness (QED) is 0.737. The molecule has 0 radical (unpaired) electrons. The molecule has 12 heavy (non-hydrogen) atoms. The molecule has 1 aliphatic heterocycles. The van der Waals surface area contributed by atoms with Crippen molar-refractivity contribution in [2.45, 2.75) is 24.6 Å². The minimum absolute atomic E-state index is 0.512. The highest BCUT2D eigenvalue weighted by atomic mass is 32.2. The SMILES string of the molecule is Nc1cn(CC2CCCS2)nn1. The van der Waals surface area contributed by atoms with Gasteiger partial charge in [0.25, 0.3) is 0 Å². The zero-order valence-corrected chi connectivity index (χ0v) is 7.63. The molecule has 0 bridgehead atoms.